The van der Waals surface area contributed by atoms with Gasteiger partial charge < -0.3 is 0 Å². The largest absolute Gasteiger partial charge is 0.291 e. The fourth-order valence-corrected chi connectivity index (χ4v) is 3.09. The van der Waals surface area contributed by atoms with Gasteiger partial charge in [-0.2, -0.15) is 8.42 Å². The molecule has 1 aliphatic heterocycles. The molecule has 1 atom stereocenters. The Kier molecular flexibility index (Phi) is 3.81. The van der Waals surface area contributed by atoms with Crippen molar-refractivity contribution in [1.82, 2.24) is 4.90 Å². The van der Waals surface area contributed by atoms with E-state index in [1.165, 1.54) is 6.08 Å². The van der Waals surface area contributed by atoms with Crippen molar-refractivity contribution in [3.05, 3.63) is 23.8 Å². The molecule has 0 aromatic carbocycles. The lowest BCUT2D eigenvalue weighted by Crippen LogP contribution is -2.42. The average Bonchev–Trinajstić information content (AvgIpc) is 2.80. The van der Waals surface area contributed by atoms with Gasteiger partial charge in [-0.05, 0) is 43.6 Å². The van der Waals surface area contributed by atoms with Gasteiger partial charge in [-0.25, -0.2) is 0 Å². The average molecular weight is 274 g/mol. The summed E-state index contributed by atoms with van der Waals surface area (Å²) in [5.74, 6) is 0. The smallest absolute Gasteiger partial charge is 0.250 e. The number of hydrogen-bond donors (Lipinski definition) is 0. The van der Waals surface area contributed by atoms with Crippen LogP contribution in [0.15, 0.2) is 23.8 Å². The zero-order valence-electron chi connectivity index (χ0n) is 9.10. The summed E-state index contributed by atoms with van der Waals surface area (Å²) in [5.41, 5.74) is 0.343. The third kappa shape index (κ3) is 2.51. The summed E-state index contributed by atoms with van der Waals surface area (Å²) in [6.07, 6.45) is 6.70. The second kappa shape index (κ2) is 5.16. The zero-order chi connectivity index (χ0) is 12.4. The molecule has 1 unspecified atom stereocenters. The molecular weight excluding hydrogens is 262 g/mol. The number of carbonyl (C=O) groups is 1. The predicted molar refractivity (Wildman–Crippen MR) is 66.6 cm³/mol. The Morgan fingerprint density at radius 2 is 2.00 bits per heavy atom. The molecule has 2 rings (SSSR count). The van der Waals surface area contributed by atoms with Crippen molar-refractivity contribution in [3.63, 3.8) is 0 Å². The lowest BCUT2D eigenvalue weighted by atomic mass is 9.98. The van der Waals surface area contributed by atoms with Crippen LogP contribution in [-0.2, 0) is 15.1 Å². The van der Waals surface area contributed by atoms with E-state index in [0.29, 0.717) is 5.57 Å². The SMILES string of the molecule is O=C(Cl)C1=CC=CC(=S(=O)=O)C1N1CCCC1. The zero-order valence-corrected chi connectivity index (χ0v) is 10.7. The first-order valence-corrected chi connectivity index (χ1v) is 6.85. The monoisotopic (exact) mass is 273 g/mol. The van der Waals surface area contributed by atoms with Crippen LogP contribution in [-0.4, -0.2) is 42.6 Å². The van der Waals surface area contributed by atoms with Crippen molar-refractivity contribution >= 4 is 32.0 Å². The summed E-state index contributed by atoms with van der Waals surface area (Å²) in [7, 11) is -2.33. The maximum absolute atomic E-state index is 11.4. The maximum Gasteiger partial charge on any atom is 0.250 e. The van der Waals surface area contributed by atoms with E-state index in [0.717, 1.165) is 25.9 Å². The van der Waals surface area contributed by atoms with E-state index >= 15 is 0 Å². The molecule has 0 amide bonds. The molecular formula is C11H12ClNO3S. The van der Waals surface area contributed by atoms with Gasteiger partial charge in [-0.3, -0.25) is 9.69 Å². The number of rotatable bonds is 2. The molecule has 0 saturated carbocycles. The van der Waals surface area contributed by atoms with E-state index in [1.807, 2.05) is 4.90 Å². The topological polar surface area (TPSA) is 54.5 Å². The van der Waals surface area contributed by atoms with Gasteiger partial charge in [0.05, 0.1) is 10.9 Å². The van der Waals surface area contributed by atoms with Crippen LogP contribution in [0.3, 0.4) is 0 Å². The Morgan fingerprint density at radius 3 is 2.53 bits per heavy atom. The molecule has 0 spiro atoms. The highest BCUT2D eigenvalue weighted by molar-refractivity contribution is 7.73. The minimum Gasteiger partial charge on any atom is -0.291 e. The summed E-state index contributed by atoms with van der Waals surface area (Å²) in [5, 5.41) is -0.589. The molecule has 0 bridgehead atoms. The van der Waals surface area contributed by atoms with Crippen molar-refractivity contribution in [1.29, 1.82) is 0 Å². The molecule has 0 aromatic rings. The fraction of sp³-hybridized carbons (Fsp3) is 0.455. The Balaban J connectivity index is 2.46. The van der Waals surface area contributed by atoms with Gasteiger partial charge in [0.1, 0.15) is 0 Å². The quantitative estimate of drug-likeness (QED) is 0.551. The van der Waals surface area contributed by atoms with E-state index in [-0.39, 0.29) is 4.86 Å². The van der Waals surface area contributed by atoms with E-state index in [2.05, 4.69) is 0 Å². The lowest BCUT2D eigenvalue weighted by molar-refractivity contribution is -0.108. The molecule has 1 fully saturated rings. The standard InChI is InChI=1S/C11H12ClNO3S/c12-11(14)8-4-3-5-9(17(15)16)10(8)13-6-1-2-7-13/h3-5,10H,1-2,6-7H2. The Labute approximate surface area is 106 Å². The number of likely N-dealkylation sites (tertiary alicyclic amines) is 1. The summed E-state index contributed by atoms with van der Waals surface area (Å²) in [4.78, 5) is 13.6. The van der Waals surface area contributed by atoms with Crippen molar-refractivity contribution in [2.75, 3.05) is 13.1 Å². The lowest BCUT2D eigenvalue weighted by Gasteiger charge is -2.28. The van der Waals surface area contributed by atoms with E-state index in [1.54, 1.807) is 12.2 Å². The highest BCUT2D eigenvalue weighted by Gasteiger charge is 2.33. The summed E-state index contributed by atoms with van der Waals surface area (Å²) < 4.78 is 22.4. The molecule has 0 N–H and O–H groups in total. The molecule has 6 heteroatoms. The normalized spacial score (nSPS) is 24.9. The molecule has 1 aliphatic carbocycles. The summed E-state index contributed by atoms with van der Waals surface area (Å²) in [6.45, 7) is 1.58. The van der Waals surface area contributed by atoms with Gasteiger partial charge in [-0.15, -0.1) is 0 Å². The van der Waals surface area contributed by atoms with E-state index < -0.39 is 21.6 Å². The number of carbonyl (C=O) groups excluding carboxylic acids is 1. The highest BCUT2D eigenvalue weighted by Crippen LogP contribution is 2.23. The van der Waals surface area contributed by atoms with Crippen LogP contribution >= 0.6 is 11.6 Å². The summed E-state index contributed by atoms with van der Waals surface area (Å²) in [6, 6.07) is -0.508. The van der Waals surface area contributed by atoms with Gasteiger partial charge in [0.15, 0.2) is 0 Å². The summed E-state index contributed by atoms with van der Waals surface area (Å²) >= 11 is 5.52. The van der Waals surface area contributed by atoms with Crippen molar-refractivity contribution in [3.8, 4) is 0 Å². The van der Waals surface area contributed by atoms with Crippen LogP contribution in [0.25, 0.3) is 0 Å². The first-order chi connectivity index (χ1) is 8.11. The van der Waals surface area contributed by atoms with Crippen molar-refractivity contribution < 1.29 is 13.2 Å². The van der Waals surface area contributed by atoms with Crippen LogP contribution in [0.2, 0.25) is 0 Å². The second-order valence-corrected chi connectivity index (χ2v) is 5.32. The Morgan fingerprint density at radius 1 is 1.35 bits per heavy atom. The minimum absolute atomic E-state index is 0.221. The molecule has 1 saturated heterocycles. The number of allylic oxidation sites excluding steroid dienone is 2. The third-order valence-electron chi connectivity index (χ3n) is 3.03. The molecule has 0 radical (unpaired) electrons. The van der Waals surface area contributed by atoms with Crippen LogP contribution < -0.4 is 0 Å². The van der Waals surface area contributed by atoms with E-state index in [4.69, 9.17) is 11.6 Å². The van der Waals surface area contributed by atoms with Crippen LogP contribution in [0.1, 0.15) is 12.8 Å². The number of halogens is 1. The first-order valence-electron chi connectivity index (χ1n) is 5.39. The van der Waals surface area contributed by atoms with Crippen LogP contribution in [0.5, 0.6) is 0 Å². The van der Waals surface area contributed by atoms with Gasteiger partial charge >= 0.3 is 0 Å². The van der Waals surface area contributed by atoms with Crippen molar-refractivity contribution in [2.45, 2.75) is 18.9 Å². The number of nitrogens with zero attached hydrogens (tertiary/aromatic N) is 1. The minimum atomic E-state index is -2.33. The van der Waals surface area contributed by atoms with E-state index in [9.17, 15) is 13.2 Å². The molecule has 2 aliphatic rings. The third-order valence-corrected chi connectivity index (χ3v) is 3.99. The van der Waals surface area contributed by atoms with Crippen molar-refractivity contribution in [2.24, 2.45) is 0 Å². The predicted octanol–water partition coefficient (Wildman–Crippen LogP) is 0.764. The second-order valence-electron chi connectivity index (χ2n) is 4.04. The molecule has 17 heavy (non-hydrogen) atoms. The van der Waals surface area contributed by atoms with Gasteiger partial charge in [0.2, 0.25) is 15.5 Å². The highest BCUT2D eigenvalue weighted by atomic mass is 35.5. The van der Waals surface area contributed by atoms with Crippen LogP contribution in [0, 0.1) is 0 Å². The molecule has 0 aromatic heterocycles. The molecule has 1 heterocycles. The van der Waals surface area contributed by atoms with Gasteiger partial charge in [0.25, 0.3) is 0 Å². The fourth-order valence-electron chi connectivity index (χ4n) is 2.28. The maximum atomic E-state index is 11.4. The Bertz CT molecular complexity index is 519. The Hall–Kier alpha value is -0.910. The number of hydrogen-bond acceptors (Lipinski definition) is 4. The van der Waals surface area contributed by atoms with Crippen LogP contribution in [0.4, 0.5) is 0 Å². The molecule has 92 valence electrons. The first kappa shape index (κ1) is 12.5. The van der Waals surface area contributed by atoms with Gasteiger partial charge in [-0.1, -0.05) is 12.2 Å². The van der Waals surface area contributed by atoms with Gasteiger partial charge in [0, 0.05) is 5.57 Å². The molecule has 4 nitrogen and oxygen atoms in total.